The first-order valence-corrected chi connectivity index (χ1v) is 5.31. The summed E-state index contributed by atoms with van der Waals surface area (Å²) in [5, 5.41) is 8.94. The van der Waals surface area contributed by atoms with Gasteiger partial charge in [0.1, 0.15) is 5.82 Å². The Morgan fingerprint density at radius 2 is 1.88 bits per heavy atom. The van der Waals surface area contributed by atoms with Gasteiger partial charge in [0.2, 0.25) is 5.92 Å². The summed E-state index contributed by atoms with van der Waals surface area (Å²) in [7, 11) is 0. The minimum absolute atomic E-state index is 0.172. The van der Waals surface area contributed by atoms with Crippen LogP contribution in [0.25, 0.3) is 0 Å². The molecule has 0 radical (unpaired) electrons. The SMILES string of the molecule is N#CN(CC1CC(F)(F)C1)c1ccc(F)cc1. The van der Waals surface area contributed by atoms with Crippen molar-refractivity contribution in [2.24, 2.45) is 5.92 Å². The number of nitrogens with zero attached hydrogens (tertiary/aromatic N) is 2. The van der Waals surface area contributed by atoms with E-state index in [0.717, 1.165) is 0 Å². The van der Waals surface area contributed by atoms with Gasteiger partial charge in [-0.2, -0.15) is 5.26 Å². The summed E-state index contributed by atoms with van der Waals surface area (Å²) in [6.07, 6.45) is 1.58. The van der Waals surface area contributed by atoms with Gasteiger partial charge in [0.15, 0.2) is 6.19 Å². The van der Waals surface area contributed by atoms with E-state index in [0.29, 0.717) is 5.69 Å². The van der Waals surface area contributed by atoms with Crippen molar-refractivity contribution in [1.82, 2.24) is 0 Å². The Hall–Kier alpha value is -1.70. The van der Waals surface area contributed by atoms with E-state index in [1.165, 1.54) is 29.2 Å². The van der Waals surface area contributed by atoms with Crippen LogP contribution in [-0.4, -0.2) is 12.5 Å². The van der Waals surface area contributed by atoms with E-state index in [-0.39, 0.29) is 31.1 Å². The molecule has 2 nitrogen and oxygen atoms in total. The summed E-state index contributed by atoms with van der Waals surface area (Å²) in [5.41, 5.74) is 0.532. The average molecular weight is 240 g/mol. The average Bonchev–Trinajstić information content (AvgIpc) is 2.24. The highest BCUT2D eigenvalue weighted by atomic mass is 19.3. The quantitative estimate of drug-likeness (QED) is 0.599. The first-order chi connectivity index (χ1) is 8.00. The fourth-order valence-electron chi connectivity index (χ4n) is 2.00. The van der Waals surface area contributed by atoms with Crippen LogP contribution in [0, 0.1) is 23.2 Å². The lowest BCUT2D eigenvalue weighted by Crippen LogP contribution is -2.41. The molecule has 17 heavy (non-hydrogen) atoms. The molecule has 1 aromatic carbocycles. The maximum absolute atomic E-state index is 12.7. The Morgan fingerprint density at radius 1 is 1.29 bits per heavy atom. The van der Waals surface area contributed by atoms with Crippen LogP contribution in [-0.2, 0) is 0 Å². The number of hydrogen-bond acceptors (Lipinski definition) is 2. The van der Waals surface area contributed by atoms with Gasteiger partial charge in [-0.3, -0.25) is 4.90 Å². The molecule has 1 fully saturated rings. The van der Waals surface area contributed by atoms with Gasteiger partial charge in [-0.05, 0) is 30.2 Å². The van der Waals surface area contributed by atoms with Crippen LogP contribution in [0.4, 0.5) is 18.9 Å². The number of alkyl halides is 2. The third-order valence-electron chi connectivity index (χ3n) is 2.87. The van der Waals surface area contributed by atoms with Crippen LogP contribution < -0.4 is 4.90 Å². The van der Waals surface area contributed by atoms with E-state index < -0.39 is 5.92 Å². The molecule has 1 aliphatic carbocycles. The smallest absolute Gasteiger partial charge is 0.248 e. The van der Waals surface area contributed by atoms with Gasteiger partial charge in [0, 0.05) is 19.4 Å². The second kappa shape index (κ2) is 4.28. The number of nitriles is 1. The van der Waals surface area contributed by atoms with E-state index in [1.54, 1.807) is 0 Å². The van der Waals surface area contributed by atoms with Crippen molar-refractivity contribution in [3.8, 4) is 6.19 Å². The second-order valence-corrected chi connectivity index (χ2v) is 4.32. The molecule has 0 aliphatic heterocycles. The van der Waals surface area contributed by atoms with Crippen LogP contribution in [0.2, 0.25) is 0 Å². The lowest BCUT2D eigenvalue weighted by Gasteiger charge is -2.36. The molecule has 0 amide bonds. The highest BCUT2D eigenvalue weighted by molar-refractivity contribution is 5.50. The van der Waals surface area contributed by atoms with Crippen LogP contribution >= 0.6 is 0 Å². The maximum Gasteiger partial charge on any atom is 0.248 e. The molecule has 1 aliphatic rings. The van der Waals surface area contributed by atoms with Gasteiger partial charge in [-0.25, -0.2) is 13.2 Å². The van der Waals surface area contributed by atoms with E-state index in [1.807, 2.05) is 6.19 Å². The Balaban J connectivity index is 1.99. The van der Waals surface area contributed by atoms with Crippen molar-refractivity contribution in [2.45, 2.75) is 18.8 Å². The molecule has 0 spiro atoms. The van der Waals surface area contributed by atoms with Gasteiger partial charge in [0.05, 0.1) is 5.69 Å². The largest absolute Gasteiger partial charge is 0.279 e. The summed E-state index contributed by atoms with van der Waals surface area (Å²) in [5.74, 6) is -3.13. The molecule has 1 aromatic rings. The fraction of sp³-hybridized carbons (Fsp3) is 0.417. The second-order valence-electron chi connectivity index (χ2n) is 4.32. The molecular formula is C12H11F3N2. The van der Waals surface area contributed by atoms with E-state index in [4.69, 9.17) is 5.26 Å². The molecule has 0 bridgehead atoms. The predicted octanol–water partition coefficient (Wildman–Crippen LogP) is 3.16. The number of rotatable bonds is 3. The van der Waals surface area contributed by atoms with E-state index >= 15 is 0 Å². The highest BCUT2D eigenvalue weighted by Gasteiger charge is 2.45. The van der Waals surface area contributed by atoms with Crippen molar-refractivity contribution in [3.63, 3.8) is 0 Å². The van der Waals surface area contributed by atoms with Crippen LogP contribution in [0.15, 0.2) is 24.3 Å². The van der Waals surface area contributed by atoms with Gasteiger partial charge >= 0.3 is 0 Å². The van der Waals surface area contributed by atoms with Gasteiger partial charge in [-0.1, -0.05) is 0 Å². The zero-order valence-electron chi connectivity index (χ0n) is 9.04. The topological polar surface area (TPSA) is 27.0 Å². The third-order valence-corrected chi connectivity index (χ3v) is 2.87. The zero-order valence-corrected chi connectivity index (χ0v) is 9.04. The number of benzene rings is 1. The molecule has 0 unspecified atom stereocenters. The lowest BCUT2D eigenvalue weighted by molar-refractivity contribution is -0.107. The highest BCUT2D eigenvalue weighted by Crippen LogP contribution is 2.42. The molecule has 1 saturated carbocycles. The summed E-state index contributed by atoms with van der Waals surface area (Å²) in [4.78, 5) is 1.32. The summed E-state index contributed by atoms with van der Waals surface area (Å²) < 4.78 is 38.0. The predicted molar refractivity (Wildman–Crippen MR) is 57.0 cm³/mol. The fourth-order valence-corrected chi connectivity index (χ4v) is 2.00. The number of anilines is 1. The summed E-state index contributed by atoms with van der Waals surface area (Å²) in [6.45, 7) is 0.262. The molecule has 90 valence electrons. The Morgan fingerprint density at radius 3 is 2.35 bits per heavy atom. The maximum atomic E-state index is 12.7. The summed E-state index contributed by atoms with van der Waals surface area (Å²) in [6, 6.07) is 5.43. The molecule has 5 heteroatoms. The standard InChI is InChI=1S/C12H11F3N2/c13-10-1-3-11(4-2-10)17(8-16)7-9-5-12(14,15)6-9/h1-4,9H,5-7H2. The van der Waals surface area contributed by atoms with E-state index in [2.05, 4.69) is 0 Å². The monoisotopic (exact) mass is 240 g/mol. The van der Waals surface area contributed by atoms with Crippen molar-refractivity contribution < 1.29 is 13.2 Å². The molecule has 0 N–H and O–H groups in total. The van der Waals surface area contributed by atoms with Crippen molar-refractivity contribution in [1.29, 1.82) is 5.26 Å². The minimum atomic E-state index is -2.57. The molecule has 0 saturated heterocycles. The van der Waals surface area contributed by atoms with Crippen molar-refractivity contribution in [3.05, 3.63) is 30.1 Å². The Bertz CT molecular complexity index is 428. The minimum Gasteiger partial charge on any atom is -0.279 e. The van der Waals surface area contributed by atoms with Crippen LogP contribution in [0.5, 0.6) is 0 Å². The molecule has 2 rings (SSSR count). The van der Waals surface area contributed by atoms with Gasteiger partial charge in [-0.15, -0.1) is 0 Å². The molecular weight excluding hydrogens is 229 g/mol. The van der Waals surface area contributed by atoms with Gasteiger partial charge < -0.3 is 0 Å². The Labute approximate surface area is 97.3 Å². The molecule has 0 heterocycles. The lowest BCUT2D eigenvalue weighted by atomic mass is 9.81. The molecule has 0 atom stereocenters. The first kappa shape index (κ1) is 11.8. The zero-order chi connectivity index (χ0) is 12.5. The van der Waals surface area contributed by atoms with Crippen LogP contribution in [0.1, 0.15) is 12.8 Å². The summed E-state index contributed by atoms with van der Waals surface area (Å²) >= 11 is 0. The number of hydrogen-bond donors (Lipinski definition) is 0. The normalized spacial score (nSPS) is 18.2. The first-order valence-electron chi connectivity index (χ1n) is 5.31. The van der Waals surface area contributed by atoms with Crippen LogP contribution in [0.3, 0.4) is 0 Å². The van der Waals surface area contributed by atoms with E-state index in [9.17, 15) is 13.2 Å². The third kappa shape index (κ3) is 2.70. The Kier molecular flexibility index (Phi) is 2.97. The van der Waals surface area contributed by atoms with Crippen molar-refractivity contribution in [2.75, 3.05) is 11.4 Å². The number of halogens is 3. The van der Waals surface area contributed by atoms with Gasteiger partial charge in [0.25, 0.3) is 0 Å². The molecule has 0 aromatic heterocycles. The van der Waals surface area contributed by atoms with Crippen molar-refractivity contribution >= 4 is 5.69 Å².